The number of nitriles is 2. The van der Waals surface area contributed by atoms with Crippen LogP contribution in [0.2, 0.25) is 5.02 Å². The van der Waals surface area contributed by atoms with Gasteiger partial charge in [-0.2, -0.15) is 15.6 Å². The van der Waals surface area contributed by atoms with Crippen LogP contribution in [-0.2, 0) is 6.54 Å². The van der Waals surface area contributed by atoms with Crippen molar-refractivity contribution >= 4 is 29.1 Å². The normalized spacial score (nSPS) is 11.2. The Morgan fingerprint density at radius 2 is 2.00 bits per heavy atom. The highest BCUT2D eigenvalue weighted by Crippen LogP contribution is 2.28. The number of halogens is 1. The Morgan fingerprint density at radius 1 is 1.26 bits per heavy atom. The number of aliphatic hydroxyl groups excluding tert-OH is 1. The predicted octanol–water partition coefficient (Wildman–Crippen LogP) is 3.31. The van der Waals surface area contributed by atoms with E-state index in [1.54, 1.807) is 24.3 Å². The minimum atomic E-state index is -0.190. The fraction of sp³-hybridized carbons (Fsp3) is 0.105. The van der Waals surface area contributed by atoms with E-state index in [0.717, 1.165) is 5.56 Å². The van der Waals surface area contributed by atoms with E-state index in [1.807, 2.05) is 24.3 Å². The summed E-state index contributed by atoms with van der Waals surface area (Å²) in [7, 11) is 0. The van der Waals surface area contributed by atoms with E-state index < -0.39 is 0 Å². The molecule has 0 unspecified atom stereocenters. The van der Waals surface area contributed by atoms with Crippen molar-refractivity contribution in [3.8, 4) is 23.5 Å². The maximum absolute atomic E-state index is 9.52. The SMILES string of the molecule is N#C/C(=C/c1ccc(-c2ccc(Cl)cc2)o1)c1nn(CCO)c(N)c1C#N. The van der Waals surface area contributed by atoms with Gasteiger partial charge in [0.2, 0.25) is 0 Å². The fourth-order valence-electron chi connectivity index (χ4n) is 2.53. The Labute approximate surface area is 160 Å². The minimum Gasteiger partial charge on any atom is -0.457 e. The quantitative estimate of drug-likeness (QED) is 0.655. The topological polar surface area (TPSA) is 125 Å². The van der Waals surface area contributed by atoms with E-state index in [9.17, 15) is 10.5 Å². The van der Waals surface area contributed by atoms with Gasteiger partial charge in [0.25, 0.3) is 0 Å². The van der Waals surface area contributed by atoms with Gasteiger partial charge in [0.1, 0.15) is 40.7 Å². The van der Waals surface area contributed by atoms with Crippen molar-refractivity contribution in [1.82, 2.24) is 9.78 Å². The highest BCUT2D eigenvalue weighted by molar-refractivity contribution is 6.30. The third kappa shape index (κ3) is 3.70. The molecule has 0 bridgehead atoms. The minimum absolute atomic E-state index is 0.0840. The molecule has 134 valence electrons. The van der Waals surface area contributed by atoms with Crippen LogP contribution in [0.25, 0.3) is 23.0 Å². The van der Waals surface area contributed by atoms with Crippen LogP contribution in [0.15, 0.2) is 40.8 Å². The first-order chi connectivity index (χ1) is 13.1. The van der Waals surface area contributed by atoms with Crippen molar-refractivity contribution in [2.24, 2.45) is 0 Å². The van der Waals surface area contributed by atoms with Crippen molar-refractivity contribution in [1.29, 1.82) is 10.5 Å². The zero-order chi connectivity index (χ0) is 19.4. The zero-order valence-electron chi connectivity index (χ0n) is 14.1. The number of anilines is 1. The summed E-state index contributed by atoms with van der Waals surface area (Å²) in [5.74, 6) is 1.14. The maximum Gasteiger partial charge on any atom is 0.140 e. The Balaban J connectivity index is 1.99. The van der Waals surface area contributed by atoms with Crippen molar-refractivity contribution in [3.63, 3.8) is 0 Å². The van der Waals surface area contributed by atoms with Crippen LogP contribution in [0.5, 0.6) is 0 Å². The van der Waals surface area contributed by atoms with Gasteiger partial charge in [0, 0.05) is 16.7 Å². The second kappa shape index (κ2) is 7.79. The van der Waals surface area contributed by atoms with Crippen molar-refractivity contribution in [2.75, 3.05) is 12.3 Å². The van der Waals surface area contributed by atoms with E-state index in [4.69, 9.17) is 26.9 Å². The molecular weight excluding hydrogens is 366 g/mol. The third-order valence-corrected chi connectivity index (χ3v) is 4.09. The molecule has 0 atom stereocenters. The standard InChI is InChI=1S/C19H14ClN5O2/c20-14-3-1-12(2-4-14)17-6-5-15(27-17)9-13(10-21)18-16(11-22)19(23)25(24-18)7-8-26/h1-6,9,26H,7-8,23H2/b13-9-. The van der Waals surface area contributed by atoms with Gasteiger partial charge in [-0.1, -0.05) is 11.6 Å². The molecule has 3 rings (SSSR count). The molecule has 2 heterocycles. The molecule has 3 aromatic rings. The zero-order valence-corrected chi connectivity index (χ0v) is 14.8. The second-order valence-electron chi connectivity index (χ2n) is 5.55. The summed E-state index contributed by atoms with van der Waals surface area (Å²) in [5, 5.41) is 32.7. The van der Waals surface area contributed by atoms with Crippen LogP contribution < -0.4 is 5.73 Å². The molecule has 3 N–H and O–H groups in total. The summed E-state index contributed by atoms with van der Waals surface area (Å²) in [6.45, 7) is -0.0644. The summed E-state index contributed by atoms with van der Waals surface area (Å²) in [6.07, 6.45) is 1.49. The Morgan fingerprint density at radius 3 is 2.63 bits per heavy atom. The summed E-state index contributed by atoms with van der Waals surface area (Å²) in [5.41, 5.74) is 7.08. The Bertz CT molecular complexity index is 1080. The van der Waals surface area contributed by atoms with E-state index in [1.165, 1.54) is 10.8 Å². The number of aromatic nitrogens is 2. The monoisotopic (exact) mass is 379 g/mol. The predicted molar refractivity (Wildman–Crippen MR) is 101 cm³/mol. The smallest absolute Gasteiger partial charge is 0.140 e. The van der Waals surface area contributed by atoms with Crippen molar-refractivity contribution in [2.45, 2.75) is 6.54 Å². The summed E-state index contributed by atoms with van der Waals surface area (Å²) < 4.78 is 7.05. The first kappa shape index (κ1) is 18.3. The molecule has 0 aliphatic carbocycles. The van der Waals surface area contributed by atoms with E-state index in [2.05, 4.69) is 5.10 Å². The van der Waals surface area contributed by atoms with Crippen LogP contribution in [0.3, 0.4) is 0 Å². The molecule has 0 saturated heterocycles. The molecule has 27 heavy (non-hydrogen) atoms. The van der Waals surface area contributed by atoms with Gasteiger partial charge in [-0.05, 0) is 36.4 Å². The van der Waals surface area contributed by atoms with Crippen LogP contribution >= 0.6 is 11.6 Å². The van der Waals surface area contributed by atoms with Crippen LogP contribution in [0, 0.1) is 22.7 Å². The number of allylic oxidation sites excluding steroid dienone is 1. The molecule has 7 nitrogen and oxygen atoms in total. The molecule has 0 radical (unpaired) electrons. The number of nitrogens with zero attached hydrogens (tertiary/aromatic N) is 4. The van der Waals surface area contributed by atoms with Gasteiger partial charge in [-0.3, -0.25) is 0 Å². The van der Waals surface area contributed by atoms with Crippen molar-refractivity contribution < 1.29 is 9.52 Å². The lowest BCUT2D eigenvalue weighted by molar-refractivity contribution is 0.270. The van der Waals surface area contributed by atoms with Gasteiger partial charge >= 0.3 is 0 Å². The first-order valence-corrected chi connectivity index (χ1v) is 8.30. The van der Waals surface area contributed by atoms with Gasteiger partial charge < -0.3 is 15.3 Å². The third-order valence-electron chi connectivity index (χ3n) is 3.83. The molecule has 0 amide bonds. The number of furan rings is 1. The number of nitrogen functional groups attached to an aromatic ring is 1. The van der Waals surface area contributed by atoms with Gasteiger partial charge in [0.05, 0.1) is 18.7 Å². The highest BCUT2D eigenvalue weighted by atomic mass is 35.5. The molecule has 2 aromatic heterocycles. The first-order valence-electron chi connectivity index (χ1n) is 7.92. The number of aliphatic hydroxyl groups is 1. The molecule has 0 saturated carbocycles. The van der Waals surface area contributed by atoms with Gasteiger partial charge in [-0.25, -0.2) is 4.68 Å². The van der Waals surface area contributed by atoms with Crippen LogP contribution in [0.1, 0.15) is 17.0 Å². The van der Waals surface area contributed by atoms with Gasteiger partial charge in [-0.15, -0.1) is 0 Å². The van der Waals surface area contributed by atoms with Crippen LogP contribution in [-0.4, -0.2) is 21.5 Å². The van der Waals surface area contributed by atoms with E-state index >= 15 is 0 Å². The van der Waals surface area contributed by atoms with Crippen LogP contribution in [0.4, 0.5) is 5.82 Å². The summed E-state index contributed by atoms with van der Waals surface area (Å²) in [4.78, 5) is 0. The molecule has 1 aromatic carbocycles. The lowest BCUT2D eigenvalue weighted by Crippen LogP contribution is -2.07. The summed E-state index contributed by atoms with van der Waals surface area (Å²) >= 11 is 5.89. The average molecular weight is 380 g/mol. The van der Waals surface area contributed by atoms with Crippen molar-refractivity contribution in [3.05, 3.63) is 58.4 Å². The second-order valence-corrected chi connectivity index (χ2v) is 5.98. The Kier molecular flexibility index (Phi) is 5.28. The largest absolute Gasteiger partial charge is 0.457 e. The molecule has 0 fully saturated rings. The maximum atomic E-state index is 9.52. The van der Waals surface area contributed by atoms with E-state index in [-0.39, 0.29) is 35.8 Å². The number of hydrogen-bond acceptors (Lipinski definition) is 6. The summed E-state index contributed by atoms with van der Waals surface area (Å²) in [6, 6.07) is 14.6. The number of rotatable bonds is 5. The molecular formula is C19H14ClN5O2. The number of hydrogen-bond donors (Lipinski definition) is 2. The molecule has 8 heteroatoms. The number of nitrogens with two attached hydrogens (primary N) is 1. The molecule has 0 spiro atoms. The molecule has 0 aliphatic rings. The number of benzene rings is 1. The van der Waals surface area contributed by atoms with E-state index in [0.29, 0.717) is 16.5 Å². The average Bonchev–Trinajstić information content (AvgIpc) is 3.25. The molecule has 0 aliphatic heterocycles. The van der Waals surface area contributed by atoms with Gasteiger partial charge in [0.15, 0.2) is 0 Å². The highest BCUT2D eigenvalue weighted by Gasteiger charge is 2.19. The lowest BCUT2D eigenvalue weighted by Gasteiger charge is -1.98. The lowest BCUT2D eigenvalue weighted by atomic mass is 10.1. The Hall–Kier alpha value is -3.52. The fourth-order valence-corrected chi connectivity index (χ4v) is 2.66.